The molecule has 0 amide bonds. The molecular weight excluding hydrogens is 250 g/mol. The third kappa shape index (κ3) is 1.59. The Balaban J connectivity index is 2.59. The Labute approximate surface area is 98.8 Å². The minimum Gasteiger partial charge on any atom is -0.400 e. The highest BCUT2D eigenvalue weighted by atomic mass is 16.8. The largest absolute Gasteiger partial charge is 0.449 e. The molecule has 0 aromatic carbocycles. The van der Waals surface area contributed by atoms with Gasteiger partial charge in [-0.05, 0) is 0 Å². The molecule has 1 N–H and O–H groups in total. The number of nitrogens with zero attached hydrogens (tertiary/aromatic N) is 1. The smallest absolute Gasteiger partial charge is 0.400 e. The molecule has 0 aromatic heterocycles. The van der Waals surface area contributed by atoms with Crippen molar-refractivity contribution in [2.45, 2.75) is 24.2 Å². The summed E-state index contributed by atoms with van der Waals surface area (Å²) in [5.41, 5.74) is -2.51. The summed E-state index contributed by atoms with van der Waals surface area (Å²) in [4.78, 5) is 45.5. The van der Waals surface area contributed by atoms with Gasteiger partial charge in [-0.15, -0.1) is 0 Å². The van der Waals surface area contributed by atoms with Crippen LogP contribution in [-0.2, 0) is 33.4 Å². The maximum absolute atomic E-state index is 11.6. The molecule has 18 heavy (non-hydrogen) atoms. The van der Waals surface area contributed by atoms with E-state index in [2.05, 4.69) is 14.2 Å². The van der Waals surface area contributed by atoms with Crippen LogP contribution in [0.5, 0.6) is 0 Å². The average molecular weight is 255 g/mol. The van der Waals surface area contributed by atoms with E-state index >= 15 is 0 Å². The van der Waals surface area contributed by atoms with E-state index in [1.54, 1.807) is 0 Å². The van der Waals surface area contributed by atoms with Crippen LogP contribution in [0.4, 0.5) is 0 Å². The maximum atomic E-state index is 11.6. The van der Waals surface area contributed by atoms with Crippen molar-refractivity contribution in [1.29, 1.82) is 5.26 Å². The Morgan fingerprint density at radius 2 is 1.67 bits per heavy atom. The summed E-state index contributed by atoms with van der Waals surface area (Å²) in [6.07, 6.45) is -1.87. The van der Waals surface area contributed by atoms with Crippen molar-refractivity contribution < 1.29 is 38.5 Å². The molecule has 2 unspecified atom stereocenters. The van der Waals surface area contributed by atoms with Gasteiger partial charge in [0, 0.05) is 0 Å². The Kier molecular flexibility index (Phi) is 2.34. The lowest BCUT2D eigenvalue weighted by molar-refractivity contribution is -0.226. The fourth-order valence-corrected chi connectivity index (χ4v) is 1.51. The number of ether oxygens (including phenoxy) is 3. The second kappa shape index (κ2) is 3.51. The van der Waals surface area contributed by atoms with E-state index in [-0.39, 0.29) is 0 Å². The van der Waals surface area contributed by atoms with Gasteiger partial charge in [0.05, 0.1) is 12.8 Å². The van der Waals surface area contributed by atoms with Crippen molar-refractivity contribution in [1.82, 2.24) is 0 Å². The molecule has 2 heterocycles. The van der Waals surface area contributed by atoms with E-state index in [0.717, 1.165) is 6.07 Å². The molecule has 9 nitrogen and oxygen atoms in total. The molecule has 0 aliphatic carbocycles. The number of carbonyl (C=O) groups is 4. The summed E-state index contributed by atoms with van der Waals surface area (Å²) in [5, 5.41) is 18.6. The average Bonchev–Trinajstić information content (AvgIpc) is 2.32. The van der Waals surface area contributed by atoms with Crippen LogP contribution in [0.15, 0.2) is 0 Å². The molecule has 0 spiro atoms. The Hall–Kier alpha value is -2.47. The van der Waals surface area contributed by atoms with Gasteiger partial charge in [0.25, 0.3) is 0 Å². The molecule has 2 aliphatic heterocycles. The van der Waals surface area contributed by atoms with Crippen LogP contribution in [0.3, 0.4) is 0 Å². The third-order valence-electron chi connectivity index (χ3n) is 2.37. The fraction of sp³-hybridized carbons (Fsp3) is 0.444. The standard InChI is InChI=1S/C9H5NO8/c10-3-9-7(14)16-4(11)1-8(15,6(13)18-9)2-5(12)17-9/h15H,1-2H2. The van der Waals surface area contributed by atoms with Gasteiger partial charge in [-0.1, -0.05) is 0 Å². The van der Waals surface area contributed by atoms with E-state index in [9.17, 15) is 24.3 Å². The Morgan fingerprint density at radius 1 is 1.06 bits per heavy atom. The molecule has 2 rings (SSSR count). The maximum Gasteiger partial charge on any atom is 0.449 e. The molecule has 2 atom stereocenters. The lowest BCUT2D eigenvalue weighted by Crippen LogP contribution is -2.52. The van der Waals surface area contributed by atoms with E-state index < -0.39 is 48.1 Å². The van der Waals surface area contributed by atoms with Crippen LogP contribution in [0.25, 0.3) is 0 Å². The molecule has 2 bridgehead atoms. The lowest BCUT2D eigenvalue weighted by atomic mass is 9.96. The zero-order valence-corrected chi connectivity index (χ0v) is 8.67. The monoisotopic (exact) mass is 255 g/mol. The number of fused-ring (bicyclic) bond motifs is 3. The van der Waals surface area contributed by atoms with Crippen molar-refractivity contribution in [3.63, 3.8) is 0 Å². The SMILES string of the molecule is N#CC12OC(=O)CC(O)(CC(=O)OC1=O)C(=O)O2. The van der Waals surface area contributed by atoms with Gasteiger partial charge in [-0.3, -0.25) is 9.59 Å². The quantitative estimate of drug-likeness (QED) is 0.380. The Morgan fingerprint density at radius 3 is 2.28 bits per heavy atom. The zero-order valence-electron chi connectivity index (χ0n) is 8.67. The van der Waals surface area contributed by atoms with Crippen LogP contribution < -0.4 is 0 Å². The molecule has 0 radical (unpaired) electrons. The van der Waals surface area contributed by atoms with E-state index in [0.29, 0.717) is 0 Å². The molecule has 0 aromatic rings. The molecule has 0 saturated carbocycles. The number of carbonyl (C=O) groups excluding carboxylic acids is 4. The Bertz CT molecular complexity index is 519. The number of esters is 4. The minimum atomic E-state index is -2.99. The van der Waals surface area contributed by atoms with Crippen molar-refractivity contribution in [3.05, 3.63) is 0 Å². The highest BCUT2D eigenvalue weighted by Crippen LogP contribution is 2.31. The first-order valence-corrected chi connectivity index (χ1v) is 4.65. The summed E-state index contributed by atoms with van der Waals surface area (Å²) in [6, 6.07) is 1.14. The molecule has 2 aliphatic rings. The fourth-order valence-electron chi connectivity index (χ4n) is 1.51. The van der Waals surface area contributed by atoms with Gasteiger partial charge in [0.2, 0.25) is 0 Å². The summed E-state index contributed by atoms with van der Waals surface area (Å²) >= 11 is 0. The van der Waals surface area contributed by atoms with Crippen molar-refractivity contribution in [2.24, 2.45) is 0 Å². The van der Waals surface area contributed by atoms with Gasteiger partial charge in [0.15, 0.2) is 11.7 Å². The van der Waals surface area contributed by atoms with E-state index in [4.69, 9.17) is 5.26 Å². The number of hydrogen-bond acceptors (Lipinski definition) is 9. The summed E-state index contributed by atoms with van der Waals surface area (Å²) in [5.74, 6) is -8.61. The van der Waals surface area contributed by atoms with Gasteiger partial charge in [-0.25, -0.2) is 9.59 Å². The van der Waals surface area contributed by atoms with Crippen molar-refractivity contribution in [2.75, 3.05) is 0 Å². The first-order chi connectivity index (χ1) is 8.31. The first-order valence-electron chi connectivity index (χ1n) is 4.65. The third-order valence-corrected chi connectivity index (χ3v) is 2.37. The molecular formula is C9H5NO8. The van der Waals surface area contributed by atoms with Crippen LogP contribution in [0.2, 0.25) is 0 Å². The topological polar surface area (TPSA) is 140 Å². The summed E-state index contributed by atoms with van der Waals surface area (Å²) in [6.45, 7) is 0. The zero-order chi connectivity index (χ0) is 13.6. The normalized spacial score (nSPS) is 35.6. The van der Waals surface area contributed by atoms with Crippen LogP contribution >= 0.6 is 0 Å². The number of rotatable bonds is 0. The van der Waals surface area contributed by atoms with Crippen LogP contribution in [0.1, 0.15) is 12.8 Å². The molecule has 2 saturated heterocycles. The second-order valence-corrected chi connectivity index (χ2v) is 3.74. The lowest BCUT2D eigenvalue weighted by Gasteiger charge is -2.26. The van der Waals surface area contributed by atoms with Crippen LogP contribution in [0, 0.1) is 11.3 Å². The minimum absolute atomic E-state index is 0.919. The summed E-state index contributed by atoms with van der Waals surface area (Å²) in [7, 11) is 0. The van der Waals surface area contributed by atoms with Gasteiger partial charge < -0.3 is 19.3 Å². The highest BCUT2D eigenvalue weighted by molar-refractivity contribution is 6.01. The van der Waals surface area contributed by atoms with Crippen LogP contribution in [-0.4, -0.2) is 40.4 Å². The van der Waals surface area contributed by atoms with Gasteiger partial charge in [0.1, 0.15) is 0 Å². The number of cyclic esters (lactones) is 2. The second-order valence-electron chi connectivity index (χ2n) is 3.74. The first kappa shape index (κ1) is 12.0. The van der Waals surface area contributed by atoms with E-state index in [1.165, 1.54) is 0 Å². The van der Waals surface area contributed by atoms with Gasteiger partial charge in [-0.2, -0.15) is 5.26 Å². The van der Waals surface area contributed by atoms with Crippen molar-refractivity contribution in [3.8, 4) is 6.07 Å². The molecule has 2 fully saturated rings. The number of aliphatic hydroxyl groups is 1. The van der Waals surface area contributed by atoms with Gasteiger partial charge >= 0.3 is 29.7 Å². The number of hydrogen-bond donors (Lipinski definition) is 1. The number of nitriles is 1. The molecule has 9 heteroatoms. The predicted octanol–water partition coefficient (Wildman–Crippen LogP) is -2.10. The predicted molar refractivity (Wildman–Crippen MR) is 45.8 cm³/mol. The summed E-state index contributed by atoms with van der Waals surface area (Å²) < 4.78 is 12.9. The molecule has 94 valence electrons. The van der Waals surface area contributed by atoms with Crippen molar-refractivity contribution >= 4 is 23.9 Å². The highest BCUT2D eigenvalue weighted by Gasteiger charge is 2.60. The van der Waals surface area contributed by atoms with E-state index in [1.807, 2.05) is 0 Å².